The first-order chi connectivity index (χ1) is 12.6. The van der Waals surface area contributed by atoms with Crippen molar-refractivity contribution in [2.45, 2.75) is 26.6 Å². The quantitative estimate of drug-likeness (QED) is 0.584. The van der Waals surface area contributed by atoms with Crippen molar-refractivity contribution >= 4 is 17.6 Å². The number of rotatable bonds is 5. The lowest BCUT2D eigenvalue weighted by atomic mass is 10.1. The van der Waals surface area contributed by atoms with E-state index in [1.165, 1.54) is 0 Å². The summed E-state index contributed by atoms with van der Waals surface area (Å²) in [7, 11) is 0. The Balaban J connectivity index is 1.64. The Morgan fingerprint density at radius 1 is 1.30 bits per heavy atom. The minimum Gasteiger partial charge on any atom is -0.464 e. The molecular weight excluding hydrogens is 381 g/mol. The normalized spacial score (nSPS) is 21.8. The van der Waals surface area contributed by atoms with Crippen LogP contribution in [0.4, 0.5) is 13.2 Å². The molecule has 27 heavy (non-hydrogen) atoms. The zero-order valence-electron chi connectivity index (χ0n) is 14.7. The Labute approximate surface area is 159 Å². The molecule has 1 fully saturated rings. The molecule has 0 bridgehead atoms. The Kier molecular flexibility index (Phi) is 5.12. The van der Waals surface area contributed by atoms with Crippen LogP contribution in [0.25, 0.3) is 11.3 Å². The van der Waals surface area contributed by atoms with Gasteiger partial charge in [0.2, 0.25) is 0 Å². The van der Waals surface area contributed by atoms with E-state index in [9.17, 15) is 18.0 Å². The number of hydrogen-bond acceptors (Lipinski definition) is 3. The van der Waals surface area contributed by atoms with Crippen molar-refractivity contribution in [3.05, 3.63) is 59.3 Å². The first kappa shape index (κ1) is 19.5. The lowest BCUT2D eigenvalue weighted by Gasteiger charge is -2.07. The molecule has 0 amide bonds. The molecule has 0 saturated heterocycles. The number of hydrogen-bond donors (Lipinski definition) is 0. The average molecular weight is 399 g/mol. The number of carbonyl (C=O) groups excluding carboxylic acids is 1. The van der Waals surface area contributed by atoms with Gasteiger partial charge in [-0.05, 0) is 35.1 Å². The maximum atomic E-state index is 12.6. The molecule has 1 aliphatic carbocycles. The number of furan rings is 1. The van der Waals surface area contributed by atoms with E-state index in [1.807, 2.05) is 24.3 Å². The third-order valence-corrected chi connectivity index (χ3v) is 5.22. The molecule has 2 atom stereocenters. The highest BCUT2D eigenvalue weighted by Crippen LogP contribution is 2.60. The van der Waals surface area contributed by atoms with Gasteiger partial charge in [0.15, 0.2) is 0 Å². The topological polar surface area (TPSA) is 39.4 Å². The fraction of sp³-hybridized carbons (Fsp3) is 0.350. The minimum atomic E-state index is -4.61. The van der Waals surface area contributed by atoms with Crippen LogP contribution in [0.3, 0.4) is 0 Å². The molecule has 1 aliphatic rings. The molecule has 0 radical (unpaired) electrons. The summed E-state index contributed by atoms with van der Waals surface area (Å²) >= 11 is 5.30. The summed E-state index contributed by atoms with van der Waals surface area (Å²) in [4.78, 5) is 12.4. The Morgan fingerprint density at radius 3 is 2.67 bits per heavy atom. The molecule has 0 N–H and O–H groups in total. The average Bonchev–Trinajstić information content (AvgIpc) is 2.97. The highest BCUT2D eigenvalue weighted by molar-refractivity contribution is 6.30. The number of alkyl halides is 3. The fourth-order valence-corrected chi connectivity index (χ4v) is 3.33. The van der Waals surface area contributed by atoms with Crippen LogP contribution in [-0.2, 0) is 16.1 Å². The van der Waals surface area contributed by atoms with Crippen LogP contribution in [0.1, 0.15) is 19.4 Å². The molecule has 7 heteroatoms. The minimum absolute atomic E-state index is 0.0311. The monoisotopic (exact) mass is 398 g/mol. The van der Waals surface area contributed by atoms with Gasteiger partial charge < -0.3 is 9.15 Å². The summed E-state index contributed by atoms with van der Waals surface area (Å²) in [5.74, 6) is -1.09. The second kappa shape index (κ2) is 7.08. The smallest absolute Gasteiger partial charge is 0.426 e. The van der Waals surface area contributed by atoms with Gasteiger partial charge in [-0.2, -0.15) is 13.2 Å². The molecule has 3 nitrogen and oxygen atoms in total. The Bertz CT molecular complexity index is 854. The predicted molar refractivity (Wildman–Crippen MR) is 94.7 cm³/mol. The highest BCUT2D eigenvalue weighted by Gasteiger charge is 2.62. The van der Waals surface area contributed by atoms with Crippen molar-refractivity contribution < 1.29 is 27.1 Å². The number of carbonyl (C=O) groups is 1. The van der Waals surface area contributed by atoms with E-state index in [0.717, 1.165) is 17.2 Å². The summed E-state index contributed by atoms with van der Waals surface area (Å²) in [6.07, 6.45) is -2.14. The van der Waals surface area contributed by atoms with Crippen LogP contribution in [0, 0.1) is 17.3 Å². The zero-order valence-corrected chi connectivity index (χ0v) is 15.5. The molecule has 1 heterocycles. The van der Waals surface area contributed by atoms with E-state index >= 15 is 0 Å². The van der Waals surface area contributed by atoms with Gasteiger partial charge >= 0.3 is 12.1 Å². The van der Waals surface area contributed by atoms with Gasteiger partial charge in [-0.1, -0.05) is 49.7 Å². The molecule has 1 saturated carbocycles. The van der Waals surface area contributed by atoms with Gasteiger partial charge in [-0.3, -0.25) is 4.79 Å². The maximum absolute atomic E-state index is 12.6. The van der Waals surface area contributed by atoms with Crippen molar-refractivity contribution in [1.82, 2.24) is 0 Å². The molecule has 144 valence electrons. The second-order valence-corrected chi connectivity index (χ2v) is 7.53. The molecule has 0 spiro atoms. The van der Waals surface area contributed by atoms with E-state index in [4.69, 9.17) is 20.8 Å². The van der Waals surface area contributed by atoms with E-state index in [0.29, 0.717) is 5.76 Å². The number of benzene rings is 1. The number of allylic oxidation sites excluding steroid dienone is 2. The molecule has 1 aromatic carbocycles. The van der Waals surface area contributed by atoms with Crippen molar-refractivity contribution in [1.29, 1.82) is 0 Å². The highest BCUT2D eigenvalue weighted by atomic mass is 35.5. The standard InChI is InChI=1S/C20H18ClF3O3/c1-19(2)14(10-16(21)20(22,23)24)17(19)18(25)27-11-12-5-3-6-13(9-12)15-7-4-8-26-15/h3-10,14,17H,11H2,1-2H3/t14-,17-/m1/s1. The lowest BCUT2D eigenvalue weighted by Crippen LogP contribution is -2.11. The Morgan fingerprint density at radius 2 is 2.04 bits per heavy atom. The van der Waals surface area contributed by atoms with Gasteiger partial charge in [-0.25, -0.2) is 0 Å². The first-order valence-corrected chi connectivity index (χ1v) is 8.72. The van der Waals surface area contributed by atoms with Crippen LogP contribution < -0.4 is 0 Å². The van der Waals surface area contributed by atoms with Gasteiger partial charge in [0.1, 0.15) is 17.4 Å². The van der Waals surface area contributed by atoms with Crippen LogP contribution in [0.15, 0.2) is 58.2 Å². The van der Waals surface area contributed by atoms with Crippen molar-refractivity contribution in [2.75, 3.05) is 0 Å². The second-order valence-electron chi connectivity index (χ2n) is 7.12. The summed E-state index contributed by atoms with van der Waals surface area (Å²) in [6.45, 7) is 3.47. The van der Waals surface area contributed by atoms with Crippen LogP contribution in [0.2, 0.25) is 0 Å². The molecule has 3 rings (SSSR count). The van der Waals surface area contributed by atoms with Gasteiger partial charge in [0.25, 0.3) is 0 Å². The van der Waals surface area contributed by atoms with E-state index in [-0.39, 0.29) is 6.61 Å². The SMILES string of the molecule is CC1(C)[C@H](C=C(Cl)C(F)(F)F)[C@@H]1C(=O)OCc1cccc(-c2ccco2)c1. The van der Waals surface area contributed by atoms with Gasteiger partial charge in [0.05, 0.1) is 12.2 Å². The van der Waals surface area contributed by atoms with E-state index in [1.54, 1.807) is 32.2 Å². The number of ether oxygens (including phenoxy) is 1. The van der Waals surface area contributed by atoms with Gasteiger partial charge in [0, 0.05) is 5.56 Å². The lowest BCUT2D eigenvalue weighted by molar-refractivity contribution is -0.147. The van der Waals surface area contributed by atoms with Crippen molar-refractivity contribution in [3.63, 3.8) is 0 Å². The molecular formula is C20H18ClF3O3. The third-order valence-electron chi connectivity index (χ3n) is 4.88. The largest absolute Gasteiger partial charge is 0.464 e. The van der Waals surface area contributed by atoms with Crippen LogP contribution >= 0.6 is 11.6 Å². The summed E-state index contributed by atoms with van der Waals surface area (Å²) in [5.41, 5.74) is 0.979. The van der Waals surface area contributed by atoms with Gasteiger partial charge in [-0.15, -0.1) is 0 Å². The van der Waals surface area contributed by atoms with Crippen LogP contribution in [-0.4, -0.2) is 12.1 Å². The number of halogens is 4. The summed E-state index contributed by atoms with van der Waals surface area (Å²) in [5, 5.41) is -1.21. The predicted octanol–water partition coefficient (Wildman–Crippen LogP) is 5.95. The van der Waals surface area contributed by atoms with E-state index < -0.39 is 34.4 Å². The molecule has 0 aliphatic heterocycles. The molecule has 0 unspecified atom stereocenters. The zero-order chi connectivity index (χ0) is 19.8. The first-order valence-electron chi connectivity index (χ1n) is 8.34. The third kappa shape index (κ3) is 4.21. The van der Waals surface area contributed by atoms with Crippen molar-refractivity contribution in [2.24, 2.45) is 17.3 Å². The summed E-state index contributed by atoms with van der Waals surface area (Å²) < 4.78 is 48.5. The maximum Gasteiger partial charge on any atom is 0.426 e. The van der Waals surface area contributed by atoms with E-state index in [2.05, 4.69) is 0 Å². The molecule has 1 aromatic heterocycles. The van der Waals surface area contributed by atoms with Crippen molar-refractivity contribution in [3.8, 4) is 11.3 Å². The number of esters is 1. The molecule has 2 aromatic rings. The fourth-order valence-electron chi connectivity index (χ4n) is 3.19. The summed E-state index contributed by atoms with van der Waals surface area (Å²) in [6, 6.07) is 10.9. The Hall–Kier alpha value is -2.21. The van der Waals surface area contributed by atoms with Crippen LogP contribution in [0.5, 0.6) is 0 Å².